The van der Waals surface area contributed by atoms with Crippen molar-refractivity contribution in [1.82, 2.24) is 4.98 Å². The summed E-state index contributed by atoms with van der Waals surface area (Å²) in [6.45, 7) is 2.04. The Labute approximate surface area is 119 Å². The van der Waals surface area contributed by atoms with E-state index in [-0.39, 0.29) is 17.1 Å². The summed E-state index contributed by atoms with van der Waals surface area (Å²) in [5.74, 6) is 0. The van der Waals surface area contributed by atoms with E-state index >= 15 is 0 Å². The van der Waals surface area contributed by atoms with Crippen molar-refractivity contribution in [3.63, 3.8) is 0 Å². The predicted molar refractivity (Wildman–Crippen MR) is 72.0 cm³/mol. The van der Waals surface area contributed by atoms with E-state index in [1.165, 1.54) is 11.1 Å². The van der Waals surface area contributed by atoms with Crippen LogP contribution in [0.15, 0.2) is 72.9 Å². The van der Waals surface area contributed by atoms with Gasteiger partial charge in [0.15, 0.2) is 0 Å². The SMILES string of the molecule is Cc1ccc(-[c-]2cccc2)nc1.[Fe].[cH-]1[cH-][cH-][cH-][cH-]1. The average molecular weight is 277 g/mol. The smallest absolute Gasteiger partial charge is 0.0277 e. The van der Waals surface area contributed by atoms with Crippen LogP contribution in [-0.4, -0.2) is 4.98 Å². The second-order valence-electron chi connectivity index (χ2n) is 3.86. The van der Waals surface area contributed by atoms with E-state index in [0.717, 1.165) is 5.69 Å². The zero-order chi connectivity index (χ0) is 11.9. The monoisotopic (exact) mass is 277 g/mol. The summed E-state index contributed by atoms with van der Waals surface area (Å²) in [5.41, 5.74) is 3.44. The van der Waals surface area contributed by atoms with Gasteiger partial charge in [-0.2, -0.15) is 12.1 Å². The van der Waals surface area contributed by atoms with Crippen LogP contribution in [0.25, 0.3) is 11.3 Å². The Balaban J connectivity index is 0.000000230. The zero-order valence-electron chi connectivity index (χ0n) is 10.2. The molecule has 0 radical (unpaired) electrons. The Hall–Kier alpha value is -1.63. The van der Waals surface area contributed by atoms with Gasteiger partial charge in [0.05, 0.1) is 0 Å². The third-order valence-electron chi connectivity index (χ3n) is 2.43. The number of aryl methyl sites for hydroxylation is 1. The molecule has 1 heterocycles. The third kappa shape index (κ3) is 4.32. The first-order chi connectivity index (χ1) is 8.36. The molecule has 0 fully saturated rings. The van der Waals surface area contributed by atoms with Crippen LogP contribution in [0, 0.1) is 6.92 Å². The van der Waals surface area contributed by atoms with E-state index in [4.69, 9.17) is 0 Å². The molecule has 0 unspecified atom stereocenters. The van der Waals surface area contributed by atoms with Crippen LogP contribution in [-0.2, 0) is 17.1 Å². The van der Waals surface area contributed by atoms with Crippen LogP contribution in [0.1, 0.15) is 5.56 Å². The van der Waals surface area contributed by atoms with Gasteiger partial charge in [0.2, 0.25) is 0 Å². The van der Waals surface area contributed by atoms with E-state index in [1.807, 2.05) is 61.7 Å². The van der Waals surface area contributed by atoms with E-state index in [1.54, 1.807) is 0 Å². The number of pyridine rings is 1. The standard InChI is InChI=1S/C11H10N.C5H5.Fe/c1-9-6-7-11(12-8-9)10-4-2-3-5-10;1-2-4-5-3-1;/h2-8H,1H3;1-5H;/q-1;-5;. The molecule has 18 heavy (non-hydrogen) atoms. The van der Waals surface area contributed by atoms with Gasteiger partial charge >= 0.3 is 0 Å². The van der Waals surface area contributed by atoms with Gasteiger partial charge in [-0.05, 0) is 18.2 Å². The fraction of sp³-hybridized carbons (Fsp3) is 0.0625. The predicted octanol–water partition coefficient (Wildman–Crippen LogP) is 4.18. The molecule has 0 atom stereocenters. The van der Waals surface area contributed by atoms with Crippen molar-refractivity contribution < 1.29 is 17.1 Å². The second-order valence-corrected chi connectivity index (χ2v) is 3.86. The van der Waals surface area contributed by atoms with Crippen LogP contribution in [0.5, 0.6) is 0 Å². The fourth-order valence-electron chi connectivity index (χ4n) is 1.50. The first kappa shape index (κ1) is 14.4. The molecule has 3 rings (SSSR count). The van der Waals surface area contributed by atoms with Gasteiger partial charge < -0.3 is 30.3 Å². The number of nitrogens with zero attached hydrogens (tertiary/aromatic N) is 1. The van der Waals surface area contributed by atoms with Gasteiger partial charge in [0, 0.05) is 23.3 Å². The van der Waals surface area contributed by atoms with Crippen LogP contribution in [0.4, 0.5) is 0 Å². The Morgan fingerprint density at radius 3 is 1.94 bits per heavy atom. The topological polar surface area (TPSA) is 12.9 Å². The van der Waals surface area contributed by atoms with Crippen molar-refractivity contribution in [2.45, 2.75) is 6.92 Å². The Bertz CT molecular complexity index is 490. The molecule has 2 aromatic carbocycles. The molecule has 0 saturated carbocycles. The third-order valence-corrected chi connectivity index (χ3v) is 2.43. The Kier molecular flexibility index (Phi) is 6.13. The van der Waals surface area contributed by atoms with Crippen molar-refractivity contribution in [3.05, 3.63) is 78.5 Å². The number of hydrogen-bond donors (Lipinski definition) is 0. The molecule has 1 nitrogen and oxygen atoms in total. The molecular weight excluding hydrogens is 262 g/mol. The summed E-state index contributed by atoms with van der Waals surface area (Å²) >= 11 is 0. The molecule has 0 aliphatic rings. The summed E-state index contributed by atoms with van der Waals surface area (Å²) < 4.78 is 0. The largest absolute Gasteiger partial charge is 0.748 e. The molecule has 0 aliphatic carbocycles. The minimum absolute atomic E-state index is 0. The Morgan fingerprint density at radius 1 is 0.944 bits per heavy atom. The van der Waals surface area contributed by atoms with Gasteiger partial charge in [0.25, 0.3) is 0 Å². The molecule has 0 saturated heterocycles. The summed E-state index contributed by atoms with van der Waals surface area (Å²) in [4.78, 5) is 4.32. The molecule has 0 spiro atoms. The molecule has 1 aromatic heterocycles. The number of hydrogen-bond acceptors (Lipinski definition) is 1. The zero-order valence-corrected chi connectivity index (χ0v) is 11.3. The quantitative estimate of drug-likeness (QED) is 0.480. The molecule has 0 bridgehead atoms. The molecule has 0 N–H and O–H groups in total. The maximum Gasteiger partial charge on any atom is 0.0277 e. The van der Waals surface area contributed by atoms with E-state index in [2.05, 4.69) is 23.2 Å². The first-order valence-corrected chi connectivity index (χ1v) is 5.68. The second kappa shape index (κ2) is 7.65. The number of aromatic nitrogens is 1. The van der Waals surface area contributed by atoms with Crippen molar-refractivity contribution in [3.8, 4) is 11.3 Å². The summed E-state index contributed by atoms with van der Waals surface area (Å²) in [6, 6.07) is 22.3. The van der Waals surface area contributed by atoms with E-state index in [0.29, 0.717) is 0 Å². The normalized spacial score (nSPS) is 8.94. The summed E-state index contributed by atoms with van der Waals surface area (Å²) in [6.07, 6.45) is 1.89. The molecular formula is C16H15FeN-6. The first-order valence-electron chi connectivity index (χ1n) is 5.68. The van der Waals surface area contributed by atoms with E-state index in [9.17, 15) is 0 Å². The van der Waals surface area contributed by atoms with Crippen molar-refractivity contribution in [2.24, 2.45) is 0 Å². The van der Waals surface area contributed by atoms with Crippen LogP contribution in [0.2, 0.25) is 0 Å². The Morgan fingerprint density at radius 2 is 1.50 bits per heavy atom. The minimum atomic E-state index is 0. The fourth-order valence-corrected chi connectivity index (χ4v) is 1.50. The van der Waals surface area contributed by atoms with Gasteiger partial charge in [-0.15, -0.1) is 18.2 Å². The van der Waals surface area contributed by atoms with Gasteiger partial charge in [-0.25, -0.2) is 0 Å². The summed E-state index contributed by atoms with van der Waals surface area (Å²) in [7, 11) is 0. The molecule has 3 aromatic rings. The number of rotatable bonds is 1. The van der Waals surface area contributed by atoms with Crippen LogP contribution < -0.4 is 0 Å². The van der Waals surface area contributed by atoms with Gasteiger partial charge in [0.1, 0.15) is 0 Å². The molecule has 0 amide bonds. The molecule has 98 valence electrons. The van der Waals surface area contributed by atoms with E-state index < -0.39 is 0 Å². The van der Waals surface area contributed by atoms with Crippen LogP contribution >= 0.6 is 0 Å². The maximum atomic E-state index is 4.32. The van der Waals surface area contributed by atoms with Crippen LogP contribution in [0.3, 0.4) is 0 Å². The molecule has 2 heteroatoms. The van der Waals surface area contributed by atoms with Crippen molar-refractivity contribution in [1.29, 1.82) is 0 Å². The minimum Gasteiger partial charge on any atom is -0.748 e. The molecule has 0 aliphatic heterocycles. The maximum absolute atomic E-state index is 4.32. The van der Waals surface area contributed by atoms with Crippen molar-refractivity contribution in [2.75, 3.05) is 0 Å². The van der Waals surface area contributed by atoms with Crippen molar-refractivity contribution >= 4 is 0 Å². The summed E-state index contributed by atoms with van der Waals surface area (Å²) in [5, 5.41) is 0. The van der Waals surface area contributed by atoms with Gasteiger partial charge in [-0.1, -0.05) is 11.6 Å². The van der Waals surface area contributed by atoms with Gasteiger partial charge in [-0.3, -0.25) is 4.98 Å². The average Bonchev–Trinajstić information content (AvgIpc) is 3.06.